The highest BCUT2D eigenvalue weighted by Crippen LogP contribution is 2.09. The van der Waals surface area contributed by atoms with Crippen molar-refractivity contribution in [2.45, 2.75) is 6.92 Å². The Bertz CT molecular complexity index is 753. The van der Waals surface area contributed by atoms with E-state index in [1.165, 1.54) is 13.0 Å². The van der Waals surface area contributed by atoms with Crippen molar-refractivity contribution in [2.24, 2.45) is 0 Å². The molecular formula is C18H17N3O3. The second-order valence-corrected chi connectivity index (χ2v) is 4.95. The first-order chi connectivity index (χ1) is 11.5. The van der Waals surface area contributed by atoms with E-state index in [2.05, 4.69) is 16.2 Å². The number of benzene rings is 2. The maximum atomic E-state index is 11.9. The zero-order chi connectivity index (χ0) is 17.4. The number of hydrogen-bond acceptors (Lipinski definition) is 3. The fourth-order valence-corrected chi connectivity index (χ4v) is 1.88. The number of nitrogens with one attached hydrogen (secondary N) is 3. The third kappa shape index (κ3) is 5.42. The van der Waals surface area contributed by atoms with Crippen LogP contribution in [0.5, 0.6) is 0 Å². The predicted molar refractivity (Wildman–Crippen MR) is 91.8 cm³/mol. The van der Waals surface area contributed by atoms with Crippen molar-refractivity contribution < 1.29 is 14.4 Å². The van der Waals surface area contributed by atoms with Gasteiger partial charge in [0.1, 0.15) is 0 Å². The minimum Gasteiger partial charge on any atom is -0.326 e. The second-order valence-electron chi connectivity index (χ2n) is 4.95. The van der Waals surface area contributed by atoms with E-state index in [1.54, 1.807) is 30.3 Å². The van der Waals surface area contributed by atoms with Crippen LogP contribution in [-0.4, -0.2) is 17.7 Å². The van der Waals surface area contributed by atoms with Crippen LogP contribution < -0.4 is 16.2 Å². The number of anilines is 1. The first kappa shape index (κ1) is 17.0. The first-order valence-corrected chi connectivity index (χ1v) is 7.26. The SMILES string of the molecule is CC(=O)Nc1ccc(C(=O)NNC(=O)/C=C\c2ccccc2)cc1. The summed E-state index contributed by atoms with van der Waals surface area (Å²) in [6.45, 7) is 1.40. The highest BCUT2D eigenvalue weighted by molar-refractivity contribution is 5.98. The van der Waals surface area contributed by atoms with Crippen molar-refractivity contribution in [1.82, 2.24) is 10.9 Å². The van der Waals surface area contributed by atoms with Crippen LogP contribution in [0.3, 0.4) is 0 Å². The van der Waals surface area contributed by atoms with Gasteiger partial charge in [-0.3, -0.25) is 25.2 Å². The molecule has 0 heterocycles. The van der Waals surface area contributed by atoms with Gasteiger partial charge in [-0.25, -0.2) is 0 Å². The predicted octanol–water partition coefficient (Wildman–Crippen LogP) is 2.12. The molecule has 0 aliphatic rings. The minimum absolute atomic E-state index is 0.190. The molecule has 6 heteroatoms. The monoisotopic (exact) mass is 323 g/mol. The van der Waals surface area contributed by atoms with Gasteiger partial charge in [-0.05, 0) is 35.9 Å². The first-order valence-electron chi connectivity index (χ1n) is 7.26. The second kappa shape index (κ2) is 8.28. The van der Waals surface area contributed by atoms with Crippen molar-refractivity contribution >= 4 is 29.5 Å². The van der Waals surface area contributed by atoms with Gasteiger partial charge in [-0.1, -0.05) is 30.3 Å². The Kier molecular flexibility index (Phi) is 5.85. The Morgan fingerprint density at radius 3 is 2.17 bits per heavy atom. The molecule has 0 saturated heterocycles. The van der Waals surface area contributed by atoms with Crippen molar-refractivity contribution in [1.29, 1.82) is 0 Å². The number of amides is 3. The van der Waals surface area contributed by atoms with Gasteiger partial charge in [0, 0.05) is 24.3 Å². The van der Waals surface area contributed by atoms with Crippen LogP contribution in [0, 0.1) is 0 Å². The average molecular weight is 323 g/mol. The molecule has 24 heavy (non-hydrogen) atoms. The van der Waals surface area contributed by atoms with Crippen LogP contribution >= 0.6 is 0 Å². The molecule has 0 bridgehead atoms. The van der Waals surface area contributed by atoms with E-state index in [4.69, 9.17) is 0 Å². The van der Waals surface area contributed by atoms with Gasteiger partial charge >= 0.3 is 0 Å². The lowest BCUT2D eigenvalue weighted by molar-refractivity contribution is -0.117. The molecule has 0 spiro atoms. The normalized spacial score (nSPS) is 10.2. The largest absolute Gasteiger partial charge is 0.326 e. The van der Waals surface area contributed by atoms with Crippen LogP contribution in [0.25, 0.3) is 6.08 Å². The van der Waals surface area contributed by atoms with Crippen LogP contribution in [0.2, 0.25) is 0 Å². The summed E-state index contributed by atoms with van der Waals surface area (Å²) < 4.78 is 0. The van der Waals surface area contributed by atoms with E-state index < -0.39 is 11.8 Å². The Labute approximate surface area is 139 Å². The molecule has 0 unspecified atom stereocenters. The van der Waals surface area contributed by atoms with Gasteiger partial charge in [0.25, 0.3) is 11.8 Å². The summed E-state index contributed by atoms with van der Waals surface area (Å²) >= 11 is 0. The lowest BCUT2D eigenvalue weighted by Gasteiger charge is -2.06. The maximum Gasteiger partial charge on any atom is 0.269 e. The van der Waals surface area contributed by atoms with Gasteiger partial charge in [-0.2, -0.15) is 0 Å². The molecule has 2 aromatic rings. The molecule has 3 amide bonds. The number of carbonyl (C=O) groups excluding carboxylic acids is 3. The van der Waals surface area contributed by atoms with E-state index in [0.29, 0.717) is 11.3 Å². The zero-order valence-electron chi connectivity index (χ0n) is 13.1. The molecule has 0 fully saturated rings. The van der Waals surface area contributed by atoms with E-state index >= 15 is 0 Å². The molecule has 0 aliphatic carbocycles. The highest BCUT2D eigenvalue weighted by atomic mass is 16.2. The quantitative estimate of drug-likeness (QED) is 0.595. The lowest BCUT2D eigenvalue weighted by atomic mass is 10.2. The van der Waals surface area contributed by atoms with Crippen LogP contribution in [0.15, 0.2) is 60.7 Å². The average Bonchev–Trinajstić information content (AvgIpc) is 2.59. The van der Waals surface area contributed by atoms with E-state index in [-0.39, 0.29) is 5.91 Å². The third-order valence-corrected chi connectivity index (χ3v) is 2.99. The van der Waals surface area contributed by atoms with Crippen molar-refractivity contribution in [2.75, 3.05) is 5.32 Å². The summed E-state index contributed by atoms with van der Waals surface area (Å²) in [4.78, 5) is 34.5. The van der Waals surface area contributed by atoms with E-state index in [0.717, 1.165) is 5.56 Å². The fourth-order valence-electron chi connectivity index (χ4n) is 1.88. The van der Waals surface area contributed by atoms with Gasteiger partial charge in [0.15, 0.2) is 0 Å². The molecule has 0 aromatic heterocycles. The summed E-state index contributed by atoms with van der Waals surface area (Å²) in [5.41, 5.74) is 6.45. The molecule has 0 radical (unpaired) electrons. The molecule has 0 atom stereocenters. The van der Waals surface area contributed by atoms with Gasteiger partial charge < -0.3 is 5.32 Å². The van der Waals surface area contributed by atoms with Crippen molar-refractivity contribution in [3.63, 3.8) is 0 Å². The lowest BCUT2D eigenvalue weighted by Crippen LogP contribution is -2.40. The van der Waals surface area contributed by atoms with Crippen molar-refractivity contribution in [3.8, 4) is 0 Å². The summed E-state index contributed by atoms with van der Waals surface area (Å²) in [6, 6.07) is 15.6. The van der Waals surface area contributed by atoms with Crippen LogP contribution in [0.4, 0.5) is 5.69 Å². The summed E-state index contributed by atoms with van der Waals surface area (Å²) in [6.07, 6.45) is 2.97. The molecule has 122 valence electrons. The molecule has 0 aliphatic heterocycles. The van der Waals surface area contributed by atoms with Gasteiger partial charge in [-0.15, -0.1) is 0 Å². The van der Waals surface area contributed by atoms with Gasteiger partial charge in [0.2, 0.25) is 5.91 Å². The van der Waals surface area contributed by atoms with Gasteiger partial charge in [0.05, 0.1) is 0 Å². The summed E-state index contributed by atoms with van der Waals surface area (Å²) in [7, 11) is 0. The standard InChI is InChI=1S/C18H17N3O3/c1-13(22)19-16-10-8-15(9-11-16)18(24)21-20-17(23)12-7-14-5-3-2-4-6-14/h2-12H,1H3,(H,19,22)(H,20,23)(H,21,24)/b12-7-. The number of carbonyl (C=O) groups is 3. The fraction of sp³-hybridized carbons (Fsp3) is 0.0556. The minimum atomic E-state index is -0.453. The zero-order valence-corrected chi connectivity index (χ0v) is 13.1. The van der Waals surface area contributed by atoms with E-state index in [1.807, 2.05) is 30.3 Å². The summed E-state index contributed by atoms with van der Waals surface area (Å²) in [5, 5.41) is 2.60. The van der Waals surface area contributed by atoms with Crippen LogP contribution in [0.1, 0.15) is 22.8 Å². The number of rotatable bonds is 4. The Hall–Kier alpha value is -3.41. The Morgan fingerprint density at radius 1 is 0.875 bits per heavy atom. The topological polar surface area (TPSA) is 87.3 Å². The third-order valence-electron chi connectivity index (χ3n) is 2.99. The molecule has 2 rings (SSSR count). The number of hydrogen-bond donors (Lipinski definition) is 3. The Balaban J connectivity index is 1.85. The summed E-state index contributed by atoms with van der Waals surface area (Å²) in [5.74, 6) is -1.09. The molecule has 6 nitrogen and oxygen atoms in total. The van der Waals surface area contributed by atoms with Crippen LogP contribution in [-0.2, 0) is 9.59 Å². The Morgan fingerprint density at radius 2 is 1.54 bits per heavy atom. The molecule has 0 saturated carbocycles. The van der Waals surface area contributed by atoms with Crippen molar-refractivity contribution in [3.05, 3.63) is 71.8 Å². The maximum absolute atomic E-state index is 11.9. The molecule has 3 N–H and O–H groups in total. The van der Waals surface area contributed by atoms with E-state index in [9.17, 15) is 14.4 Å². The molecule has 2 aromatic carbocycles. The molecular weight excluding hydrogens is 306 g/mol. The highest BCUT2D eigenvalue weighted by Gasteiger charge is 2.06. The smallest absolute Gasteiger partial charge is 0.269 e. The number of hydrazine groups is 1.